The molecule has 7 heteroatoms. The number of carbonyl (C=O) groups is 1. The molecular formula is C14H12N4O3. The first-order valence-electron chi connectivity index (χ1n) is 6.50. The third-order valence-electron chi connectivity index (χ3n) is 3.55. The summed E-state index contributed by atoms with van der Waals surface area (Å²) in [6.07, 6.45) is 1.49. The standard InChI is InChI=1S/C14H12N4O3/c15-14-16-4-9-10(17-14)6-18(13(9)19)5-8-1-2-11-12(3-8)21-7-20-11/h1-4H,5-7H2,(H2,15,16,17). The van der Waals surface area contributed by atoms with Gasteiger partial charge in [-0.1, -0.05) is 6.07 Å². The molecule has 0 bridgehead atoms. The van der Waals surface area contributed by atoms with Crippen LogP contribution in [0.2, 0.25) is 0 Å². The lowest BCUT2D eigenvalue weighted by Gasteiger charge is -2.15. The van der Waals surface area contributed by atoms with Crippen LogP contribution in [0.3, 0.4) is 0 Å². The molecule has 0 atom stereocenters. The molecule has 0 unspecified atom stereocenters. The minimum absolute atomic E-state index is 0.0809. The molecule has 0 radical (unpaired) electrons. The van der Waals surface area contributed by atoms with Gasteiger partial charge in [-0.05, 0) is 17.7 Å². The number of anilines is 1. The predicted octanol–water partition coefficient (Wildman–Crippen LogP) is 0.944. The van der Waals surface area contributed by atoms with E-state index >= 15 is 0 Å². The summed E-state index contributed by atoms with van der Waals surface area (Å²) < 4.78 is 10.6. The van der Waals surface area contributed by atoms with Crippen LogP contribution in [-0.4, -0.2) is 27.6 Å². The zero-order chi connectivity index (χ0) is 14.4. The van der Waals surface area contributed by atoms with Crippen LogP contribution in [-0.2, 0) is 13.1 Å². The zero-order valence-electron chi connectivity index (χ0n) is 11.1. The van der Waals surface area contributed by atoms with Crippen molar-refractivity contribution in [2.75, 3.05) is 12.5 Å². The third-order valence-corrected chi connectivity index (χ3v) is 3.55. The average Bonchev–Trinajstić information content (AvgIpc) is 3.04. The summed E-state index contributed by atoms with van der Waals surface area (Å²) in [7, 11) is 0. The molecular weight excluding hydrogens is 272 g/mol. The van der Waals surface area contributed by atoms with E-state index < -0.39 is 0 Å². The highest BCUT2D eigenvalue weighted by Crippen LogP contribution is 2.33. The highest BCUT2D eigenvalue weighted by Gasteiger charge is 2.29. The Balaban J connectivity index is 1.58. The van der Waals surface area contributed by atoms with Crippen LogP contribution >= 0.6 is 0 Å². The van der Waals surface area contributed by atoms with Crippen molar-refractivity contribution in [3.8, 4) is 11.5 Å². The molecule has 0 fully saturated rings. The Morgan fingerprint density at radius 3 is 3.05 bits per heavy atom. The quantitative estimate of drug-likeness (QED) is 0.882. The van der Waals surface area contributed by atoms with Gasteiger partial charge in [0.2, 0.25) is 12.7 Å². The Labute approximate surface area is 120 Å². The minimum atomic E-state index is -0.0809. The zero-order valence-corrected chi connectivity index (χ0v) is 11.1. The number of hydrogen-bond donors (Lipinski definition) is 1. The van der Waals surface area contributed by atoms with Gasteiger partial charge < -0.3 is 20.1 Å². The van der Waals surface area contributed by atoms with Crippen molar-refractivity contribution in [3.05, 3.63) is 41.2 Å². The summed E-state index contributed by atoms with van der Waals surface area (Å²) in [5.41, 5.74) is 7.72. The first kappa shape index (κ1) is 12.0. The number of benzene rings is 1. The lowest BCUT2D eigenvalue weighted by atomic mass is 10.2. The Morgan fingerprint density at radius 1 is 1.29 bits per heavy atom. The summed E-state index contributed by atoms with van der Waals surface area (Å²) in [5.74, 6) is 1.54. The second-order valence-corrected chi connectivity index (χ2v) is 4.94. The van der Waals surface area contributed by atoms with E-state index in [4.69, 9.17) is 15.2 Å². The number of ether oxygens (including phenoxy) is 2. The normalized spacial score (nSPS) is 15.4. The van der Waals surface area contributed by atoms with Gasteiger partial charge in [-0.3, -0.25) is 4.79 Å². The Bertz CT molecular complexity index is 747. The molecule has 1 amide bonds. The maximum absolute atomic E-state index is 12.3. The Hall–Kier alpha value is -2.83. The summed E-state index contributed by atoms with van der Waals surface area (Å²) in [6, 6.07) is 5.66. The number of carbonyl (C=O) groups excluding carboxylic acids is 1. The van der Waals surface area contributed by atoms with E-state index in [1.54, 1.807) is 4.90 Å². The van der Waals surface area contributed by atoms with Crippen LogP contribution in [0.4, 0.5) is 5.95 Å². The Kier molecular flexibility index (Phi) is 2.47. The van der Waals surface area contributed by atoms with Crippen molar-refractivity contribution in [1.82, 2.24) is 14.9 Å². The van der Waals surface area contributed by atoms with Crippen molar-refractivity contribution in [1.29, 1.82) is 0 Å². The lowest BCUT2D eigenvalue weighted by molar-refractivity contribution is 0.0766. The molecule has 21 heavy (non-hydrogen) atoms. The average molecular weight is 284 g/mol. The maximum atomic E-state index is 12.3. The van der Waals surface area contributed by atoms with E-state index in [2.05, 4.69) is 9.97 Å². The summed E-state index contributed by atoms with van der Waals surface area (Å²) >= 11 is 0. The van der Waals surface area contributed by atoms with Gasteiger partial charge in [-0.2, -0.15) is 0 Å². The van der Waals surface area contributed by atoms with Crippen LogP contribution in [0, 0.1) is 0 Å². The van der Waals surface area contributed by atoms with E-state index in [0.29, 0.717) is 30.1 Å². The molecule has 4 rings (SSSR count). The number of amides is 1. The molecule has 2 aromatic rings. The largest absolute Gasteiger partial charge is 0.454 e. The SMILES string of the molecule is Nc1ncc2c(n1)CN(Cc1ccc3c(c1)OCO3)C2=O. The highest BCUT2D eigenvalue weighted by molar-refractivity contribution is 5.97. The van der Waals surface area contributed by atoms with Gasteiger partial charge in [0.15, 0.2) is 11.5 Å². The van der Waals surface area contributed by atoms with Gasteiger partial charge in [0, 0.05) is 12.7 Å². The first-order valence-corrected chi connectivity index (χ1v) is 6.50. The van der Waals surface area contributed by atoms with E-state index in [9.17, 15) is 4.79 Å². The summed E-state index contributed by atoms with van der Waals surface area (Å²) in [6.45, 7) is 1.16. The van der Waals surface area contributed by atoms with Crippen molar-refractivity contribution in [3.63, 3.8) is 0 Å². The fourth-order valence-electron chi connectivity index (χ4n) is 2.54. The molecule has 2 aliphatic rings. The molecule has 0 saturated carbocycles. The van der Waals surface area contributed by atoms with Gasteiger partial charge in [-0.15, -0.1) is 0 Å². The molecule has 2 aliphatic heterocycles. The van der Waals surface area contributed by atoms with Gasteiger partial charge >= 0.3 is 0 Å². The second kappa shape index (κ2) is 4.34. The third kappa shape index (κ3) is 1.94. The van der Waals surface area contributed by atoms with Gasteiger partial charge in [0.25, 0.3) is 5.91 Å². The summed E-state index contributed by atoms with van der Waals surface area (Å²) in [4.78, 5) is 22.0. The number of nitrogens with two attached hydrogens (primary N) is 1. The molecule has 0 saturated heterocycles. The molecule has 1 aromatic heterocycles. The smallest absolute Gasteiger partial charge is 0.258 e. The topological polar surface area (TPSA) is 90.6 Å². The number of hydrogen-bond acceptors (Lipinski definition) is 6. The second-order valence-electron chi connectivity index (χ2n) is 4.94. The van der Waals surface area contributed by atoms with Crippen LogP contribution in [0.5, 0.6) is 11.5 Å². The number of nitrogens with zero attached hydrogens (tertiary/aromatic N) is 3. The van der Waals surface area contributed by atoms with Gasteiger partial charge in [0.1, 0.15) is 0 Å². The highest BCUT2D eigenvalue weighted by atomic mass is 16.7. The fourth-order valence-corrected chi connectivity index (χ4v) is 2.54. The van der Waals surface area contributed by atoms with Crippen molar-refractivity contribution >= 4 is 11.9 Å². The molecule has 3 heterocycles. The first-order chi connectivity index (χ1) is 10.2. The number of fused-ring (bicyclic) bond motifs is 2. The van der Waals surface area contributed by atoms with E-state index in [1.165, 1.54) is 6.20 Å². The van der Waals surface area contributed by atoms with Crippen LogP contribution < -0.4 is 15.2 Å². The van der Waals surface area contributed by atoms with E-state index in [-0.39, 0.29) is 18.6 Å². The Morgan fingerprint density at radius 2 is 2.14 bits per heavy atom. The molecule has 0 spiro atoms. The molecule has 1 aromatic carbocycles. The number of aromatic nitrogens is 2. The van der Waals surface area contributed by atoms with E-state index in [1.807, 2.05) is 18.2 Å². The summed E-state index contributed by atoms with van der Waals surface area (Å²) in [5, 5.41) is 0. The van der Waals surface area contributed by atoms with Gasteiger partial charge in [-0.25, -0.2) is 9.97 Å². The fraction of sp³-hybridized carbons (Fsp3) is 0.214. The molecule has 0 aliphatic carbocycles. The minimum Gasteiger partial charge on any atom is -0.454 e. The molecule has 2 N–H and O–H groups in total. The monoisotopic (exact) mass is 284 g/mol. The van der Waals surface area contributed by atoms with Crippen molar-refractivity contribution in [2.24, 2.45) is 0 Å². The maximum Gasteiger partial charge on any atom is 0.258 e. The number of nitrogen functional groups attached to an aromatic ring is 1. The predicted molar refractivity (Wildman–Crippen MR) is 72.6 cm³/mol. The lowest BCUT2D eigenvalue weighted by Crippen LogP contribution is -2.23. The van der Waals surface area contributed by atoms with Crippen molar-refractivity contribution < 1.29 is 14.3 Å². The molecule has 7 nitrogen and oxygen atoms in total. The van der Waals surface area contributed by atoms with Gasteiger partial charge in [0.05, 0.1) is 17.8 Å². The van der Waals surface area contributed by atoms with E-state index in [0.717, 1.165) is 11.3 Å². The number of rotatable bonds is 2. The van der Waals surface area contributed by atoms with Crippen LogP contribution in [0.15, 0.2) is 24.4 Å². The van der Waals surface area contributed by atoms with Crippen LogP contribution in [0.25, 0.3) is 0 Å². The van der Waals surface area contributed by atoms with Crippen molar-refractivity contribution in [2.45, 2.75) is 13.1 Å². The molecule has 106 valence electrons. The van der Waals surface area contributed by atoms with Crippen LogP contribution in [0.1, 0.15) is 21.6 Å².